The van der Waals surface area contributed by atoms with E-state index in [2.05, 4.69) is 4.90 Å². The number of carbonyl (C=O) groups excluding carboxylic acids is 1. The Morgan fingerprint density at radius 1 is 0.976 bits per heavy atom. The predicted molar refractivity (Wildman–Crippen MR) is 165 cm³/mol. The fourth-order valence-corrected chi connectivity index (χ4v) is 7.97. The average molecular weight is 632 g/mol. The third-order valence-corrected chi connectivity index (χ3v) is 10.8. The van der Waals surface area contributed by atoms with Crippen LogP contribution in [0.4, 0.5) is 0 Å². The molecule has 2 aliphatic heterocycles. The summed E-state index contributed by atoms with van der Waals surface area (Å²) in [4.78, 5) is 17.6. The first-order valence-electron chi connectivity index (χ1n) is 14.3. The Morgan fingerprint density at radius 3 is 2.40 bits per heavy atom. The first-order valence-corrected chi connectivity index (χ1v) is 16.7. The van der Waals surface area contributed by atoms with Crippen molar-refractivity contribution in [3.05, 3.63) is 100 Å². The number of piperidine rings is 2. The van der Waals surface area contributed by atoms with Crippen molar-refractivity contribution in [2.24, 2.45) is 0 Å². The molecule has 2 heterocycles. The van der Waals surface area contributed by atoms with Gasteiger partial charge in [-0.25, -0.2) is 8.42 Å². The second-order valence-electron chi connectivity index (χ2n) is 11.1. The molecule has 224 valence electrons. The van der Waals surface area contributed by atoms with Gasteiger partial charge in [0.15, 0.2) is 9.84 Å². The molecule has 2 saturated heterocycles. The van der Waals surface area contributed by atoms with Gasteiger partial charge in [0, 0.05) is 31.2 Å². The SMILES string of the molecule is O=C(c1ccccc1)N1CCCC(OCCN2CCC(O)CC2CS(=O)(=O)c2ccccc2)(c2ccc(Cl)c(Cl)c2)C1. The molecule has 3 atom stereocenters. The zero-order valence-electron chi connectivity index (χ0n) is 23.4. The maximum atomic E-state index is 13.4. The van der Waals surface area contributed by atoms with Crippen LogP contribution in [0.2, 0.25) is 10.0 Å². The normalized spacial score (nSPS) is 23.5. The van der Waals surface area contributed by atoms with Crippen LogP contribution < -0.4 is 0 Å². The molecule has 2 fully saturated rings. The fraction of sp³-hybridized carbons (Fsp3) is 0.406. The number of sulfone groups is 1. The number of ether oxygens (including phenoxy) is 1. The van der Waals surface area contributed by atoms with Crippen LogP contribution in [0, 0.1) is 0 Å². The average Bonchev–Trinajstić information content (AvgIpc) is 3.00. The lowest BCUT2D eigenvalue weighted by Crippen LogP contribution is -2.52. The van der Waals surface area contributed by atoms with Crippen LogP contribution in [-0.4, -0.2) is 79.9 Å². The Kier molecular flexibility index (Phi) is 9.92. The van der Waals surface area contributed by atoms with Gasteiger partial charge in [-0.3, -0.25) is 9.69 Å². The highest BCUT2D eigenvalue weighted by Crippen LogP contribution is 2.38. The number of aliphatic hydroxyl groups excluding tert-OH is 1. The first-order chi connectivity index (χ1) is 20.2. The number of carbonyl (C=O) groups is 1. The largest absolute Gasteiger partial charge is 0.393 e. The van der Waals surface area contributed by atoms with Crippen molar-refractivity contribution in [1.82, 2.24) is 9.80 Å². The van der Waals surface area contributed by atoms with Gasteiger partial charge in [-0.05, 0) is 67.6 Å². The zero-order chi connectivity index (χ0) is 29.7. The summed E-state index contributed by atoms with van der Waals surface area (Å²) >= 11 is 12.7. The Hall–Kier alpha value is -2.46. The van der Waals surface area contributed by atoms with Crippen molar-refractivity contribution < 1.29 is 23.1 Å². The summed E-state index contributed by atoms with van der Waals surface area (Å²) < 4.78 is 33.1. The van der Waals surface area contributed by atoms with E-state index in [1.807, 2.05) is 47.4 Å². The van der Waals surface area contributed by atoms with Crippen molar-refractivity contribution in [1.29, 1.82) is 0 Å². The summed E-state index contributed by atoms with van der Waals surface area (Å²) in [7, 11) is -3.53. The van der Waals surface area contributed by atoms with Crippen LogP contribution in [0.15, 0.2) is 83.8 Å². The van der Waals surface area contributed by atoms with Gasteiger partial charge < -0.3 is 14.7 Å². The standard InChI is InChI=1S/C32H36Cl2N2O5S/c33-29-13-12-25(20-30(29)34)32(15-7-16-36(23-32)31(38)24-8-3-1-4-9-24)41-19-18-35-17-14-27(37)21-26(35)22-42(39,40)28-10-5-2-6-11-28/h1-6,8-13,20,26-27,37H,7,14-19,21-23H2. The van der Waals surface area contributed by atoms with Crippen LogP contribution in [0.5, 0.6) is 0 Å². The smallest absolute Gasteiger partial charge is 0.253 e. The number of halogens is 2. The molecule has 7 nitrogen and oxygen atoms in total. The highest BCUT2D eigenvalue weighted by molar-refractivity contribution is 7.91. The lowest BCUT2D eigenvalue weighted by Gasteiger charge is -2.44. The molecule has 2 aliphatic rings. The molecule has 0 aromatic heterocycles. The highest BCUT2D eigenvalue weighted by Gasteiger charge is 2.41. The van der Waals surface area contributed by atoms with E-state index < -0.39 is 21.5 Å². The highest BCUT2D eigenvalue weighted by atomic mass is 35.5. The molecule has 0 aliphatic carbocycles. The Balaban J connectivity index is 1.34. The molecule has 0 saturated carbocycles. The number of hydrogen-bond donors (Lipinski definition) is 1. The van der Waals surface area contributed by atoms with Gasteiger partial charge >= 0.3 is 0 Å². The quantitative estimate of drug-likeness (QED) is 0.339. The van der Waals surface area contributed by atoms with Gasteiger partial charge in [-0.2, -0.15) is 0 Å². The van der Waals surface area contributed by atoms with Crippen molar-refractivity contribution in [3.8, 4) is 0 Å². The summed E-state index contributed by atoms with van der Waals surface area (Å²) in [6.07, 6.45) is 1.83. The summed E-state index contributed by atoms with van der Waals surface area (Å²) in [5.74, 6) is -0.134. The number of rotatable bonds is 9. The van der Waals surface area contributed by atoms with E-state index in [4.69, 9.17) is 27.9 Å². The zero-order valence-corrected chi connectivity index (χ0v) is 25.7. The molecule has 3 aromatic carbocycles. The molecule has 10 heteroatoms. The molecule has 3 unspecified atom stereocenters. The molecule has 42 heavy (non-hydrogen) atoms. The predicted octanol–water partition coefficient (Wildman–Crippen LogP) is 5.44. The third-order valence-electron chi connectivity index (χ3n) is 8.29. The lowest BCUT2D eigenvalue weighted by molar-refractivity contribution is -0.0980. The number of amides is 1. The second-order valence-corrected chi connectivity index (χ2v) is 14.0. The molecule has 3 aromatic rings. The van der Waals surface area contributed by atoms with Gasteiger partial charge in [-0.15, -0.1) is 0 Å². The van der Waals surface area contributed by atoms with Crippen molar-refractivity contribution in [3.63, 3.8) is 0 Å². The van der Waals surface area contributed by atoms with Gasteiger partial charge in [0.1, 0.15) is 5.60 Å². The lowest BCUT2D eigenvalue weighted by atomic mass is 9.85. The topological polar surface area (TPSA) is 87.2 Å². The van der Waals surface area contributed by atoms with E-state index in [1.54, 1.807) is 36.4 Å². The van der Waals surface area contributed by atoms with Crippen molar-refractivity contribution in [2.45, 2.75) is 48.3 Å². The van der Waals surface area contributed by atoms with Gasteiger partial charge in [-0.1, -0.05) is 65.7 Å². The second kappa shape index (κ2) is 13.5. The number of benzene rings is 3. The molecule has 0 bridgehead atoms. The molecule has 1 N–H and O–H groups in total. The molecular formula is C32H36Cl2N2O5S. The van der Waals surface area contributed by atoms with Crippen LogP contribution >= 0.6 is 23.2 Å². The van der Waals surface area contributed by atoms with E-state index in [9.17, 15) is 18.3 Å². The minimum absolute atomic E-state index is 0.0560. The van der Waals surface area contributed by atoms with E-state index in [1.165, 1.54) is 0 Å². The number of hydrogen-bond acceptors (Lipinski definition) is 6. The van der Waals surface area contributed by atoms with Crippen LogP contribution in [0.3, 0.4) is 0 Å². The Labute approximate surface area is 257 Å². The fourth-order valence-electron chi connectivity index (χ4n) is 6.06. The van der Waals surface area contributed by atoms with Crippen molar-refractivity contribution in [2.75, 3.05) is 38.5 Å². The minimum atomic E-state index is -3.53. The van der Waals surface area contributed by atoms with Crippen LogP contribution in [0.25, 0.3) is 0 Å². The van der Waals surface area contributed by atoms with Gasteiger partial charge in [0.25, 0.3) is 5.91 Å². The first kappa shape index (κ1) is 31.0. The summed E-state index contributed by atoms with van der Waals surface area (Å²) in [6.45, 7) is 2.33. The van der Waals surface area contributed by atoms with Gasteiger partial charge in [0.05, 0.1) is 39.9 Å². The van der Waals surface area contributed by atoms with Crippen LogP contribution in [-0.2, 0) is 20.2 Å². The number of likely N-dealkylation sites (tertiary alicyclic amines) is 2. The monoisotopic (exact) mass is 630 g/mol. The number of nitrogens with zero attached hydrogens (tertiary/aromatic N) is 2. The van der Waals surface area contributed by atoms with Crippen LogP contribution in [0.1, 0.15) is 41.6 Å². The van der Waals surface area contributed by atoms with E-state index in [-0.39, 0.29) is 22.6 Å². The molecule has 0 radical (unpaired) electrons. The van der Waals surface area contributed by atoms with Crippen molar-refractivity contribution >= 4 is 38.9 Å². The maximum absolute atomic E-state index is 13.4. The molecule has 1 amide bonds. The summed E-state index contributed by atoms with van der Waals surface area (Å²) in [5, 5.41) is 11.3. The Morgan fingerprint density at radius 2 is 1.69 bits per heavy atom. The Bertz CT molecular complexity index is 1470. The van der Waals surface area contributed by atoms with E-state index >= 15 is 0 Å². The maximum Gasteiger partial charge on any atom is 0.253 e. The summed E-state index contributed by atoms with van der Waals surface area (Å²) in [6, 6.07) is 22.8. The summed E-state index contributed by atoms with van der Waals surface area (Å²) in [5.41, 5.74) is 0.661. The third kappa shape index (κ3) is 7.18. The molecule has 0 spiro atoms. The van der Waals surface area contributed by atoms with E-state index in [0.29, 0.717) is 67.7 Å². The van der Waals surface area contributed by atoms with Gasteiger partial charge in [0.2, 0.25) is 0 Å². The molecule has 5 rings (SSSR count). The van der Waals surface area contributed by atoms with E-state index in [0.717, 1.165) is 12.0 Å². The molecular weight excluding hydrogens is 595 g/mol. The minimum Gasteiger partial charge on any atom is -0.393 e. The number of aliphatic hydroxyl groups is 1.